The van der Waals surface area contributed by atoms with Crippen molar-refractivity contribution in [3.05, 3.63) is 99.0 Å². The molecule has 1 unspecified atom stereocenters. The summed E-state index contributed by atoms with van der Waals surface area (Å²) in [6.07, 6.45) is 2.01. The van der Waals surface area contributed by atoms with Gasteiger partial charge in [0.1, 0.15) is 28.7 Å². The van der Waals surface area contributed by atoms with Crippen molar-refractivity contribution in [3.63, 3.8) is 0 Å². The molecule has 35 heavy (non-hydrogen) atoms. The summed E-state index contributed by atoms with van der Waals surface area (Å²) in [7, 11) is 0. The monoisotopic (exact) mass is 546 g/mol. The molecule has 1 atom stereocenters. The number of halogens is 1. The number of aryl methyl sites for hydroxylation is 1. The zero-order chi connectivity index (χ0) is 24.7. The number of allylic oxidation sites excluding steroid dienone is 1. The van der Waals surface area contributed by atoms with Crippen molar-refractivity contribution in [2.75, 3.05) is 6.26 Å². The number of nitrogens with two attached hydrogens (primary N) is 1. The average molecular weight is 547 g/mol. The SMILES string of the molecule is CSc1ccc(C2C(C#N)=C(N)Oc3cc(OC(=O)c4oc5cc(Br)ccc5c4C)ccc32)cc1. The lowest BCUT2D eigenvalue weighted by Gasteiger charge is -2.26. The predicted molar refractivity (Wildman–Crippen MR) is 138 cm³/mol. The number of benzene rings is 3. The van der Waals surface area contributed by atoms with Crippen LogP contribution in [-0.2, 0) is 0 Å². The molecule has 0 aliphatic carbocycles. The van der Waals surface area contributed by atoms with Crippen LogP contribution >= 0.6 is 27.7 Å². The first-order valence-corrected chi connectivity index (χ1v) is 12.7. The molecule has 4 aromatic rings. The van der Waals surface area contributed by atoms with E-state index in [9.17, 15) is 10.1 Å². The highest BCUT2D eigenvalue weighted by Gasteiger charge is 2.31. The summed E-state index contributed by atoms with van der Waals surface area (Å²) in [5.41, 5.74) is 9.42. The molecule has 0 saturated heterocycles. The lowest BCUT2D eigenvalue weighted by molar-refractivity contribution is 0.0702. The van der Waals surface area contributed by atoms with Crippen molar-refractivity contribution in [3.8, 4) is 17.6 Å². The van der Waals surface area contributed by atoms with E-state index in [1.165, 1.54) is 0 Å². The number of ether oxygens (including phenoxy) is 2. The summed E-state index contributed by atoms with van der Waals surface area (Å²) in [6, 6.07) is 20.8. The first-order valence-electron chi connectivity index (χ1n) is 10.7. The number of carbonyl (C=O) groups excluding carboxylic acids is 1. The third-order valence-electron chi connectivity index (χ3n) is 5.94. The quantitative estimate of drug-likeness (QED) is 0.173. The Morgan fingerprint density at radius 1 is 1.14 bits per heavy atom. The molecule has 0 spiro atoms. The first kappa shape index (κ1) is 23.1. The van der Waals surface area contributed by atoms with Gasteiger partial charge in [0, 0.05) is 31.9 Å². The molecule has 6 nitrogen and oxygen atoms in total. The minimum absolute atomic E-state index is 0.0288. The van der Waals surface area contributed by atoms with Gasteiger partial charge in [-0.05, 0) is 55.1 Å². The molecule has 5 rings (SSSR count). The summed E-state index contributed by atoms with van der Waals surface area (Å²) in [5.74, 6) is -0.136. The highest BCUT2D eigenvalue weighted by molar-refractivity contribution is 9.10. The van der Waals surface area contributed by atoms with E-state index in [1.54, 1.807) is 36.0 Å². The van der Waals surface area contributed by atoms with Gasteiger partial charge >= 0.3 is 5.97 Å². The highest BCUT2D eigenvalue weighted by atomic mass is 79.9. The van der Waals surface area contributed by atoms with Crippen LogP contribution in [0.2, 0.25) is 0 Å². The Morgan fingerprint density at radius 2 is 1.91 bits per heavy atom. The number of thioether (sulfide) groups is 1. The van der Waals surface area contributed by atoms with Gasteiger partial charge in [0.25, 0.3) is 0 Å². The maximum absolute atomic E-state index is 12.9. The van der Waals surface area contributed by atoms with Crippen molar-refractivity contribution in [2.45, 2.75) is 17.7 Å². The fraction of sp³-hybridized carbons (Fsp3) is 0.111. The van der Waals surface area contributed by atoms with Gasteiger partial charge < -0.3 is 19.6 Å². The van der Waals surface area contributed by atoms with Crippen molar-refractivity contribution >= 4 is 44.6 Å². The van der Waals surface area contributed by atoms with Gasteiger partial charge in [-0.15, -0.1) is 11.8 Å². The smallest absolute Gasteiger partial charge is 0.379 e. The van der Waals surface area contributed by atoms with Crippen molar-refractivity contribution < 1.29 is 18.7 Å². The van der Waals surface area contributed by atoms with Gasteiger partial charge in [0.2, 0.25) is 11.6 Å². The minimum Gasteiger partial charge on any atom is -0.449 e. The summed E-state index contributed by atoms with van der Waals surface area (Å²) in [6.45, 7) is 1.81. The molecule has 174 valence electrons. The minimum atomic E-state index is -0.615. The van der Waals surface area contributed by atoms with Gasteiger partial charge in [0.15, 0.2) is 0 Å². The lowest BCUT2D eigenvalue weighted by atomic mass is 9.83. The lowest BCUT2D eigenvalue weighted by Crippen LogP contribution is -2.21. The number of hydrogen-bond donors (Lipinski definition) is 1. The van der Waals surface area contributed by atoms with Crippen LogP contribution in [0.5, 0.6) is 11.5 Å². The van der Waals surface area contributed by atoms with E-state index in [-0.39, 0.29) is 23.3 Å². The van der Waals surface area contributed by atoms with Crippen LogP contribution in [-0.4, -0.2) is 12.2 Å². The Balaban J connectivity index is 1.48. The van der Waals surface area contributed by atoms with Crippen LogP contribution in [0.3, 0.4) is 0 Å². The van der Waals surface area contributed by atoms with Crippen LogP contribution in [0.25, 0.3) is 11.0 Å². The van der Waals surface area contributed by atoms with Crippen molar-refractivity contribution in [2.24, 2.45) is 5.73 Å². The molecule has 0 amide bonds. The molecule has 3 aromatic carbocycles. The number of fused-ring (bicyclic) bond motifs is 2. The van der Waals surface area contributed by atoms with Crippen LogP contribution in [0.4, 0.5) is 0 Å². The number of rotatable bonds is 4. The third kappa shape index (κ3) is 4.18. The van der Waals surface area contributed by atoms with Gasteiger partial charge in [-0.3, -0.25) is 0 Å². The Morgan fingerprint density at radius 3 is 2.63 bits per heavy atom. The summed E-state index contributed by atoms with van der Waals surface area (Å²) in [4.78, 5) is 14.0. The van der Waals surface area contributed by atoms with E-state index in [2.05, 4.69) is 22.0 Å². The molecule has 8 heteroatoms. The van der Waals surface area contributed by atoms with E-state index in [1.807, 2.05) is 49.6 Å². The number of nitriles is 1. The first-order chi connectivity index (χ1) is 16.9. The number of esters is 1. The van der Waals surface area contributed by atoms with E-state index < -0.39 is 5.97 Å². The Kier molecular flexibility index (Phi) is 6.05. The zero-order valence-electron chi connectivity index (χ0n) is 18.8. The van der Waals surface area contributed by atoms with Gasteiger partial charge in [-0.1, -0.05) is 34.1 Å². The molecular formula is C27H19BrN2O4S. The Labute approximate surface area is 214 Å². The molecule has 1 aliphatic heterocycles. The summed E-state index contributed by atoms with van der Waals surface area (Å²) < 4.78 is 18.0. The highest BCUT2D eigenvalue weighted by Crippen LogP contribution is 2.43. The van der Waals surface area contributed by atoms with E-state index >= 15 is 0 Å². The second kappa shape index (κ2) is 9.17. The van der Waals surface area contributed by atoms with Crippen LogP contribution in [0.15, 0.2) is 85.9 Å². The average Bonchev–Trinajstić information content (AvgIpc) is 3.18. The second-order valence-electron chi connectivity index (χ2n) is 7.98. The predicted octanol–water partition coefficient (Wildman–Crippen LogP) is 6.66. The number of nitrogens with zero attached hydrogens (tertiary/aromatic N) is 1. The summed E-state index contributed by atoms with van der Waals surface area (Å²) in [5, 5.41) is 10.6. The van der Waals surface area contributed by atoms with Crippen LogP contribution in [0.1, 0.15) is 33.2 Å². The Hall–Kier alpha value is -3.67. The van der Waals surface area contributed by atoms with Crippen molar-refractivity contribution in [1.82, 2.24) is 0 Å². The molecular weight excluding hydrogens is 528 g/mol. The standard InChI is InChI=1S/C27H19BrN2O4S/c1-14-19-9-5-16(28)11-22(19)33-25(14)27(31)32-17-6-10-20-23(12-17)34-26(30)21(13-29)24(20)15-3-7-18(35-2)8-4-15/h3-12,24H,30H2,1-2H3. The normalized spacial score (nSPS) is 14.9. The van der Waals surface area contributed by atoms with Crippen LogP contribution in [0, 0.1) is 18.3 Å². The zero-order valence-corrected chi connectivity index (χ0v) is 21.2. The third-order valence-corrected chi connectivity index (χ3v) is 7.17. The summed E-state index contributed by atoms with van der Waals surface area (Å²) >= 11 is 5.05. The molecule has 0 fully saturated rings. The number of furan rings is 1. The second-order valence-corrected chi connectivity index (χ2v) is 9.78. The Bertz CT molecular complexity index is 1550. The number of hydrogen-bond acceptors (Lipinski definition) is 7. The molecule has 2 heterocycles. The number of carbonyl (C=O) groups is 1. The van der Waals surface area contributed by atoms with Crippen molar-refractivity contribution in [1.29, 1.82) is 5.26 Å². The molecule has 0 saturated carbocycles. The van der Waals surface area contributed by atoms with E-state index in [0.29, 0.717) is 22.5 Å². The largest absolute Gasteiger partial charge is 0.449 e. The maximum atomic E-state index is 12.9. The molecule has 2 N–H and O–H groups in total. The van der Waals surface area contributed by atoms with E-state index in [0.717, 1.165) is 25.9 Å². The van der Waals surface area contributed by atoms with Gasteiger partial charge in [0.05, 0.1) is 5.92 Å². The van der Waals surface area contributed by atoms with Gasteiger partial charge in [-0.2, -0.15) is 5.26 Å². The molecule has 1 aliphatic rings. The fourth-order valence-corrected chi connectivity index (χ4v) is 4.93. The van der Waals surface area contributed by atoms with E-state index in [4.69, 9.17) is 19.6 Å². The molecule has 0 radical (unpaired) electrons. The molecule has 1 aromatic heterocycles. The topological polar surface area (TPSA) is 98.5 Å². The fourth-order valence-electron chi connectivity index (χ4n) is 4.19. The van der Waals surface area contributed by atoms with Gasteiger partial charge in [-0.25, -0.2) is 4.79 Å². The maximum Gasteiger partial charge on any atom is 0.379 e. The molecule has 0 bridgehead atoms. The van der Waals surface area contributed by atoms with Crippen LogP contribution < -0.4 is 15.2 Å².